The SMILES string of the molecule is Cc1cn(-c2ccc(N)nc2)cn1.Cc1cnc[nH]1.Nc1ccc(I)cn1. The van der Waals surface area contributed by atoms with Crippen LogP contribution in [0.4, 0.5) is 11.6 Å². The van der Waals surface area contributed by atoms with E-state index < -0.39 is 0 Å². The second-order valence-corrected chi connectivity index (χ2v) is 6.75. The molecule has 140 valence electrons. The molecule has 0 aromatic carbocycles. The fraction of sp³-hybridized carbons (Fsp3) is 0.111. The van der Waals surface area contributed by atoms with Crippen LogP contribution >= 0.6 is 22.6 Å². The number of nitrogen functional groups attached to an aromatic ring is 2. The Bertz CT molecular complexity index is 894. The highest BCUT2D eigenvalue weighted by Gasteiger charge is 1.96. The van der Waals surface area contributed by atoms with Crippen LogP contribution in [0.2, 0.25) is 0 Å². The smallest absolute Gasteiger partial charge is 0.123 e. The Morgan fingerprint density at radius 1 is 0.926 bits per heavy atom. The van der Waals surface area contributed by atoms with E-state index in [1.165, 1.54) is 0 Å². The van der Waals surface area contributed by atoms with E-state index in [2.05, 4.69) is 47.5 Å². The first kappa shape index (κ1) is 20.4. The molecule has 0 aliphatic carbocycles. The number of nitrogens with two attached hydrogens (primary N) is 2. The van der Waals surface area contributed by atoms with Gasteiger partial charge in [0.15, 0.2) is 0 Å². The van der Waals surface area contributed by atoms with E-state index in [-0.39, 0.29) is 0 Å². The van der Waals surface area contributed by atoms with Crippen LogP contribution in [-0.4, -0.2) is 29.5 Å². The number of anilines is 2. The van der Waals surface area contributed by atoms with Crippen molar-refractivity contribution in [2.75, 3.05) is 11.5 Å². The molecular weight excluding hydrogens is 455 g/mol. The van der Waals surface area contributed by atoms with Crippen LogP contribution in [0.3, 0.4) is 0 Å². The lowest BCUT2D eigenvalue weighted by Crippen LogP contribution is -1.93. The number of pyridine rings is 2. The molecule has 4 rings (SSSR count). The van der Waals surface area contributed by atoms with Crippen molar-refractivity contribution < 1.29 is 0 Å². The summed E-state index contributed by atoms with van der Waals surface area (Å²) >= 11 is 2.18. The number of H-pyrrole nitrogens is 1. The maximum absolute atomic E-state index is 5.47. The molecule has 4 aromatic rings. The van der Waals surface area contributed by atoms with Crippen LogP contribution < -0.4 is 11.5 Å². The molecule has 4 heterocycles. The lowest BCUT2D eigenvalue weighted by atomic mass is 10.4. The third kappa shape index (κ3) is 7.44. The van der Waals surface area contributed by atoms with Gasteiger partial charge in [-0.25, -0.2) is 19.9 Å². The van der Waals surface area contributed by atoms with E-state index in [0.29, 0.717) is 11.6 Å². The van der Waals surface area contributed by atoms with Gasteiger partial charge >= 0.3 is 0 Å². The Balaban J connectivity index is 0.000000159. The normalized spacial score (nSPS) is 9.59. The molecular formula is C18H21IN8. The van der Waals surface area contributed by atoms with Gasteiger partial charge in [0.2, 0.25) is 0 Å². The van der Waals surface area contributed by atoms with Crippen molar-refractivity contribution in [2.45, 2.75) is 13.8 Å². The highest BCUT2D eigenvalue weighted by atomic mass is 127. The monoisotopic (exact) mass is 476 g/mol. The Morgan fingerprint density at radius 2 is 1.63 bits per heavy atom. The summed E-state index contributed by atoms with van der Waals surface area (Å²) in [5.74, 6) is 1.10. The van der Waals surface area contributed by atoms with Gasteiger partial charge in [-0.2, -0.15) is 0 Å². The molecule has 0 saturated carbocycles. The van der Waals surface area contributed by atoms with Crippen molar-refractivity contribution in [3.05, 3.63) is 76.7 Å². The fourth-order valence-corrected chi connectivity index (χ4v) is 2.14. The molecule has 0 saturated heterocycles. The minimum atomic E-state index is 0.528. The molecule has 0 atom stereocenters. The van der Waals surface area contributed by atoms with Crippen LogP contribution in [0, 0.1) is 17.4 Å². The van der Waals surface area contributed by atoms with Gasteiger partial charge in [0.05, 0.1) is 30.2 Å². The Labute approximate surface area is 171 Å². The third-order valence-corrected chi connectivity index (χ3v) is 3.80. The molecule has 0 radical (unpaired) electrons. The quantitative estimate of drug-likeness (QED) is 0.363. The second kappa shape index (κ2) is 10.3. The van der Waals surface area contributed by atoms with Crippen LogP contribution in [0.25, 0.3) is 5.69 Å². The molecule has 0 aliphatic heterocycles. The number of aromatic amines is 1. The molecule has 5 N–H and O–H groups in total. The summed E-state index contributed by atoms with van der Waals surface area (Å²) in [5.41, 5.74) is 13.8. The number of hydrogen-bond acceptors (Lipinski definition) is 6. The molecule has 27 heavy (non-hydrogen) atoms. The molecule has 8 nitrogen and oxygen atoms in total. The van der Waals surface area contributed by atoms with Gasteiger partial charge in [-0.05, 0) is 60.7 Å². The van der Waals surface area contributed by atoms with E-state index in [9.17, 15) is 0 Å². The molecule has 0 unspecified atom stereocenters. The highest BCUT2D eigenvalue weighted by Crippen LogP contribution is 2.08. The number of imidazole rings is 2. The average molecular weight is 476 g/mol. The Hall–Kier alpha value is -2.95. The van der Waals surface area contributed by atoms with Gasteiger partial charge in [-0.15, -0.1) is 0 Å². The average Bonchev–Trinajstić information content (AvgIpc) is 3.30. The molecule has 0 amide bonds. The molecule has 0 aliphatic rings. The summed E-state index contributed by atoms with van der Waals surface area (Å²) in [5, 5.41) is 0. The van der Waals surface area contributed by atoms with Gasteiger partial charge in [-0.1, -0.05) is 0 Å². The van der Waals surface area contributed by atoms with Crippen molar-refractivity contribution in [3.8, 4) is 5.69 Å². The van der Waals surface area contributed by atoms with Crippen LogP contribution in [0.5, 0.6) is 0 Å². The van der Waals surface area contributed by atoms with Crippen LogP contribution in [0.1, 0.15) is 11.4 Å². The number of nitrogens with one attached hydrogen (secondary N) is 1. The van der Waals surface area contributed by atoms with Crippen molar-refractivity contribution in [1.29, 1.82) is 0 Å². The van der Waals surface area contributed by atoms with Crippen LogP contribution in [-0.2, 0) is 0 Å². The zero-order valence-corrected chi connectivity index (χ0v) is 17.2. The maximum Gasteiger partial charge on any atom is 0.123 e. The van der Waals surface area contributed by atoms with Gasteiger partial charge in [0.25, 0.3) is 0 Å². The molecule has 4 aromatic heterocycles. The first-order valence-corrected chi connectivity index (χ1v) is 9.06. The van der Waals surface area contributed by atoms with Crippen molar-refractivity contribution in [2.24, 2.45) is 0 Å². The van der Waals surface area contributed by atoms with E-state index >= 15 is 0 Å². The Morgan fingerprint density at radius 3 is 2.00 bits per heavy atom. The molecule has 0 spiro atoms. The van der Waals surface area contributed by atoms with E-state index in [0.717, 1.165) is 20.6 Å². The highest BCUT2D eigenvalue weighted by molar-refractivity contribution is 14.1. The fourth-order valence-electron chi connectivity index (χ4n) is 1.83. The lowest BCUT2D eigenvalue weighted by molar-refractivity contribution is 1.04. The van der Waals surface area contributed by atoms with Gasteiger partial charge in [0, 0.05) is 27.9 Å². The number of rotatable bonds is 1. The largest absolute Gasteiger partial charge is 0.384 e. The second-order valence-electron chi connectivity index (χ2n) is 5.50. The lowest BCUT2D eigenvalue weighted by Gasteiger charge is -2.00. The zero-order valence-electron chi connectivity index (χ0n) is 15.0. The van der Waals surface area contributed by atoms with Crippen molar-refractivity contribution >= 4 is 34.2 Å². The van der Waals surface area contributed by atoms with Gasteiger partial charge in [0.1, 0.15) is 11.6 Å². The van der Waals surface area contributed by atoms with E-state index in [4.69, 9.17) is 11.5 Å². The van der Waals surface area contributed by atoms with Gasteiger partial charge in [-0.3, -0.25) is 0 Å². The zero-order chi connectivity index (χ0) is 19.6. The standard InChI is InChI=1S/C9H10N4.C5H5IN2.C4H6N2/c1-7-5-13(6-12-7)8-2-3-9(10)11-4-8;6-4-1-2-5(7)8-3-4;1-4-2-5-3-6-4/h2-6H,1H3,(H2,10,11);1-3H,(H2,7,8);2-3H,1H3,(H,5,6). The molecule has 0 bridgehead atoms. The predicted octanol–water partition coefficient (Wildman–Crippen LogP) is 3.14. The summed E-state index contributed by atoms with van der Waals surface area (Å²) in [6.07, 6.45) is 10.6. The number of hydrogen-bond donors (Lipinski definition) is 3. The van der Waals surface area contributed by atoms with Crippen molar-refractivity contribution in [1.82, 2.24) is 29.5 Å². The first-order chi connectivity index (χ1) is 12.9. The summed E-state index contributed by atoms with van der Waals surface area (Å²) < 4.78 is 3.01. The van der Waals surface area contributed by atoms with Crippen LogP contribution in [0.15, 0.2) is 61.7 Å². The minimum absolute atomic E-state index is 0.528. The predicted molar refractivity (Wildman–Crippen MR) is 115 cm³/mol. The Kier molecular flexibility index (Phi) is 7.74. The number of aryl methyl sites for hydroxylation is 2. The maximum atomic E-state index is 5.47. The number of halogens is 1. The summed E-state index contributed by atoms with van der Waals surface area (Å²) in [6.45, 7) is 3.91. The van der Waals surface area contributed by atoms with Gasteiger partial charge < -0.3 is 21.0 Å². The topological polar surface area (TPSA) is 124 Å². The summed E-state index contributed by atoms with van der Waals surface area (Å²) in [4.78, 5) is 18.6. The third-order valence-electron chi connectivity index (χ3n) is 3.17. The number of nitrogens with zero attached hydrogens (tertiary/aromatic N) is 5. The minimum Gasteiger partial charge on any atom is -0.384 e. The first-order valence-electron chi connectivity index (χ1n) is 7.98. The molecule has 9 heteroatoms. The van der Waals surface area contributed by atoms with E-state index in [1.54, 1.807) is 43.4 Å². The molecule has 0 fully saturated rings. The number of aromatic nitrogens is 6. The van der Waals surface area contributed by atoms with Crippen molar-refractivity contribution in [3.63, 3.8) is 0 Å². The summed E-state index contributed by atoms with van der Waals surface area (Å²) in [7, 11) is 0. The summed E-state index contributed by atoms with van der Waals surface area (Å²) in [6, 6.07) is 7.37. The van der Waals surface area contributed by atoms with E-state index in [1.807, 2.05) is 36.7 Å².